The van der Waals surface area contributed by atoms with Crippen LogP contribution < -0.4 is 0 Å². The van der Waals surface area contributed by atoms with E-state index >= 15 is 0 Å². The van der Waals surface area contributed by atoms with Crippen molar-refractivity contribution in [2.24, 2.45) is 5.92 Å². The Hall–Kier alpha value is -3.12. The Kier molecular flexibility index (Phi) is 4.46. The summed E-state index contributed by atoms with van der Waals surface area (Å²) >= 11 is 0. The molecular weight excluding hydrogens is 416 g/mol. The van der Waals surface area contributed by atoms with Gasteiger partial charge in [0.1, 0.15) is 5.54 Å². The fraction of sp³-hybridized carbons (Fsp3) is 0.407. The van der Waals surface area contributed by atoms with Gasteiger partial charge in [0.25, 0.3) is 0 Å². The molecule has 0 radical (unpaired) electrons. The van der Waals surface area contributed by atoms with Crippen LogP contribution in [0.3, 0.4) is 0 Å². The number of benzene rings is 2. The van der Waals surface area contributed by atoms with E-state index in [2.05, 4.69) is 46.3 Å². The van der Waals surface area contributed by atoms with Crippen molar-refractivity contribution in [2.45, 2.75) is 49.2 Å². The minimum atomic E-state index is -0.924. The van der Waals surface area contributed by atoms with Crippen molar-refractivity contribution in [1.29, 1.82) is 0 Å². The molecule has 4 heterocycles. The zero-order valence-electron chi connectivity index (χ0n) is 19.0. The standard InChI is InChI=1S/C27H28N2O4/c1-32-24(30)20-16-26(25(31)33-2)15-19-18-11-6-7-12-21(18)28-23(19)27(17-9-4-3-5-10-17)14-8-13-22(20)29(26)27/h3-7,9-12,20,22,28H,8,13-16H2,1-2H3/t20-,22-,26-,27+/m0/s1. The second-order valence-electron chi connectivity index (χ2n) is 9.61. The molecule has 33 heavy (non-hydrogen) atoms. The number of para-hydroxylation sites is 1. The van der Waals surface area contributed by atoms with Gasteiger partial charge in [0.15, 0.2) is 0 Å². The number of esters is 2. The molecule has 4 atom stereocenters. The van der Waals surface area contributed by atoms with E-state index in [1.807, 2.05) is 18.2 Å². The minimum absolute atomic E-state index is 0.0925. The van der Waals surface area contributed by atoms with E-state index in [0.29, 0.717) is 12.8 Å². The molecule has 0 spiro atoms. The number of ether oxygens (including phenoxy) is 2. The summed E-state index contributed by atoms with van der Waals surface area (Å²) in [5, 5.41) is 1.13. The van der Waals surface area contributed by atoms with Gasteiger partial charge in [-0.2, -0.15) is 0 Å². The van der Waals surface area contributed by atoms with Gasteiger partial charge in [-0.1, -0.05) is 48.5 Å². The van der Waals surface area contributed by atoms with Gasteiger partial charge in [-0.05, 0) is 42.9 Å². The summed E-state index contributed by atoms with van der Waals surface area (Å²) in [5.41, 5.74) is 3.04. The first-order chi connectivity index (χ1) is 16.1. The van der Waals surface area contributed by atoms with Crippen molar-refractivity contribution < 1.29 is 19.1 Å². The molecule has 3 aliphatic heterocycles. The number of carbonyl (C=O) groups is 2. The number of piperidine rings is 1. The van der Waals surface area contributed by atoms with Gasteiger partial charge in [0.2, 0.25) is 0 Å². The van der Waals surface area contributed by atoms with Crippen LogP contribution in [0.25, 0.3) is 10.9 Å². The molecule has 1 aromatic heterocycles. The molecule has 0 bridgehead atoms. The molecule has 6 heteroatoms. The molecule has 6 nitrogen and oxygen atoms in total. The Balaban J connectivity index is 1.70. The monoisotopic (exact) mass is 444 g/mol. The zero-order chi connectivity index (χ0) is 22.8. The third-order valence-electron chi connectivity index (χ3n) is 8.28. The van der Waals surface area contributed by atoms with Gasteiger partial charge in [0.05, 0.1) is 25.7 Å². The maximum Gasteiger partial charge on any atom is 0.326 e. The lowest BCUT2D eigenvalue weighted by atomic mass is 9.68. The molecule has 0 saturated carbocycles. The molecule has 2 saturated heterocycles. The van der Waals surface area contributed by atoms with Crippen molar-refractivity contribution in [3.8, 4) is 0 Å². The maximum absolute atomic E-state index is 13.7. The topological polar surface area (TPSA) is 71.6 Å². The van der Waals surface area contributed by atoms with E-state index in [0.717, 1.165) is 47.0 Å². The number of hydrogen-bond acceptors (Lipinski definition) is 5. The third-order valence-corrected chi connectivity index (χ3v) is 8.28. The highest BCUT2D eigenvalue weighted by Crippen LogP contribution is 2.61. The second kappa shape index (κ2) is 7.19. The third kappa shape index (κ3) is 2.53. The molecule has 2 aromatic carbocycles. The maximum atomic E-state index is 13.7. The number of hydrogen-bond donors (Lipinski definition) is 1. The Morgan fingerprint density at radius 3 is 2.55 bits per heavy atom. The molecule has 0 aliphatic carbocycles. The van der Waals surface area contributed by atoms with Crippen LogP contribution in [0.4, 0.5) is 0 Å². The number of nitrogens with zero attached hydrogens (tertiary/aromatic N) is 1. The smallest absolute Gasteiger partial charge is 0.326 e. The first-order valence-corrected chi connectivity index (χ1v) is 11.7. The number of H-pyrrole nitrogens is 1. The minimum Gasteiger partial charge on any atom is -0.469 e. The highest BCUT2D eigenvalue weighted by molar-refractivity contribution is 5.91. The lowest BCUT2D eigenvalue weighted by Gasteiger charge is -2.57. The van der Waals surface area contributed by atoms with E-state index in [-0.39, 0.29) is 23.9 Å². The summed E-state index contributed by atoms with van der Waals surface area (Å²) in [6.07, 6.45) is 3.58. The summed E-state index contributed by atoms with van der Waals surface area (Å²) < 4.78 is 10.7. The Labute approximate surface area is 192 Å². The summed E-state index contributed by atoms with van der Waals surface area (Å²) in [6.45, 7) is 0. The van der Waals surface area contributed by atoms with Crippen LogP contribution in [0.2, 0.25) is 0 Å². The summed E-state index contributed by atoms with van der Waals surface area (Å²) in [7, 11) is 2.89. The molecule has 1 N–H and O–H groups in total. The number of nitrogens with one attached hydrogen (secondary N) is 1. The first kappa shape index (κ1) is 20.5. The van der Waals surface area contributed by atoms with Gasteiger partial charge in [0, 0.05) is 29.1 Å². The van der Waals surface area contributed by atoms with Crippen LogP contribution >= 0.6 is 0 Å². The number of aromatic nitrogens is 1. The summed E-state index contributed by atoms with van der Waals surface area (Å²) in [4.78, 5) is 32.7. The second-order valence-corrected chi connectivity index (χ2v) is 9.61. The fourth-order valence-electron chi connectivity index (χ4n) is 7.17. The van der Waals surface area contributed by atoms with Crippen LogP contribution in [0.15, 0.2) is 54.6 Å². The van der Waals surface area contributed by atoms with Crippen LogP contribution in [0.5, 0.6) is 0 Å². The van der Waals surface area contributed by atoms with Crippen LogP contribution in [0, 0.1) is 5.92 Å². The predicted octanol–water partition coefficient (Wildman–Crippen LogP) is 3.93. The van der Waals surface area contributed by atoms with Gasteiger partial charge in [-0.3, -0.25) is 14.5 Å². The highest BCUT2D eigenvalue weighted by Gasteiger charge is 2.69. The van der Waals surface area contributed by atoms with Gasteiger partial charge >= 0.3 is 11.9 Å². The average molecular weight is 445 g/mol. The number of carbonyl (C=O) groups excluding carboxylic acids is 2. The largest absolute Gasteiger partial charge is 0.469 e. The van der Waals surface area contributed by atoms with E-state index < -0.39 is 11.1 Å². The van der Waals surface area contributed by atoms with Crippen molar-refractivity contribution in [3.05, 3.63) is 71.4 Å². The lowest BCUT2D eigenvalue weighted by Crippen LogP contribution is -2.68. The van der Waals surface area contributed by atoms with Crippen molar-refractivity contribution in [2.75, 3.05) is 14.2 Å². The van der Waals surface area contributed by atoms with Crippen LogP contribution in [-0.2, 0) is 31.0 Å². The Bertz CT molecular complexity index is 1250. The van der Waals surface area contributed by atoms with Crippen LogP contribution in [-0.4, -0.2) is 47.6 Å². The number of aromatic amines is 1. The Morgan fingerprint density at radius 2 is 1.79 bits per heavy atom. The fourth-order valence-corrected chi connectivity index (χ4v) is 7.17. The number of methoxy groups -OCH3 is 2. The molecule has 3 aromatic rings. The van der Waals surface area contributed by atoms with Crippen molar-refractivity contribution >= 4 is 22.8 Å². The first-order valence-electron chi connectivity index (χ1n) is 11.7. The molecular formula is C27H28N2O4. The van der Waals surface area contributed by atoms with E-state index in [4.69, 9.17) is 9.47 Å². The normalized spacial score (nSPS) is 30.5. The summed E-state index contributed by atoms with van der Waals surface area (Å²) in [5.74, 6) is -0.875. The number of fused-ring (bicyclic) bond motifs is 4. The van der Waals surface area contributed by atoms with Crippen molar-refractivity contribution in [3.63, 3.8) is 0 Å². The van der Waals surface area contributed by atoms with E-state index in [1.165, 1.54) is 14.2 Å². The van der Waals surface area contributed by atoms with Gasteiger partial charge < -0.3 is 14.5 Å². The van der Waals surface area contributed by atoms with E-state index in [9.17, 15) is 9.59 Å². The van der Waals surface area contributed by atoms with E-state index in [1.54, 1.807) is 0 Å². The SMILES string of the molecule is COC(=O)[C@H]1C[C@]2(C(=O)OC)Cc3c([nH]c4ccccc34)[C@]3(c4ccccc4)CCC[C@@H]1N23. The van der Waals surface area contributed by atoms with Crippen LogP contribution in [0.1, 0.15) is 42.5 Å². The predicted molar refractivity (Wildman–Crippen MR) is 124 cm³/mol. The highest BCUT2D eigenvalue weighted by atomic mass is 16.5. The zero-order valence-corrected chi connectivity index (χ0v) is 19.0. The Morgan fingerprint density at radius 1 is 1.03 bits per heavy atom. The van der Waals surface area contributed by atoms with Gasteiger partial charge in [-0.15, -0.1) is 0 Å². The van der Waals surface area contributed by atoms with Crippen molar-refractivity contribution in [1.82, 2.24) is 9.88 Å². The molecule has 3 aliphatic rings. The quantitative estimate of drug-likeness (QED) is 0.620. The molecule has 0 unspecified atom stereocenters. The molecule has 170 valence electrons. The number of rotatable bonds is 3. The average Bonchev–Trinajstić information content (AvgIpc) is 3.42. The molecule has 6 rings (SSSR count). The van der Waals surface area contributed by atoms with Gasteiger partial charge in [-0.25, -0.2) is 0 Å². The molecule has 2 fully saturated rings. The lowest BCUT2D eigenvalue weighted by molar-refractivity contribution is -0.163. The molecule has 0 amide bonds. The summed E-state index contributed by atoms with van der Waals surface area (Å²) in [6, 6.07) is 18.6.